The lowest BCUT2D eigenvalue weighted by atomic mass is 10.0. The van der Waals surface area contributed by atoms with Gasteiger partial charge in [0.2, 0.25) is 11.5 Å². The van der Waals surface area contributed by atoms with E-state index in [1.54, 1.807) is 0 Å². The van der Waals surface area contributed by atoms with Crippen molar-refractivity contribution in [2.45, 2.75) is 11.4 Å². The normalized spacial score (nSPS) is 21.5. The zero-order chi connectivity index (χ0) is 22.7. The van der Waals surface area contributed by atoms with Gasteiger partial charge in [-0.2, -0.15) is 9.36 Å². The number of aromatic nitrogens is 2. The fourth-order valence-electron chi connectivity index (χ4n) is 2.68. The molecule has 12 nitrogen and oxygen atoms in total. The molecule has 31 heavy (non-hydrogen) atoms. The predicted molar refractivity (Wildman–Crippen MR) is 113 cm³/mol. The Morgan fingerprint density at radius 2 is 2.29 bits per heavy atom. The number of anilines is 1. The molecule has 2 atom stereocenters. The number of carboxylic acids is 1. The quantitative estimate of drug-likeness (QED) is 0.213. The van der Waals surface area contributed by atoms with Crippen molar-refractivity contribution in [2.24, 2.45) is 10.9 Å². The van der Waals surface area contributed by atoms with E-state index in [4.69, 9.17) is 11.5 Å². The summed E-state index contributed by atoms with van der Waals surface area (Å²) in [6.45, 7) is -0.319. The van der Waals surface area contributed by atoms with Crippen molar-refractivity contribution < 1.29 is 28.7 Å². The van der Waals surface area contributed by atoms with Crippen LogP contribution in [0.2, 0.25) is 0 Å². The van der Waals surface area contributed by atoms with Crippen LogP contribution < -0.4 is 16.8 Å². The number of thioether (sulfide) groups is 2. The van der Waals surface area contributed by atoms with Crippen LogP contribution in [0.5, 0.6) is 0 Å². The van der Waals surface area contributed by atoms with E-state index >= 15 is 0 Å². The van der Waals surface area contributed by atoms with Crippen molar-refractivity contribution in [3.63, 3.8) is 0 Å². The number of carbonyl (C=O) groups is 3. The largest absolute Gasteiger partial charge is 0.477 e. The lowest BCUT2D eigenvalue weighted by Gasteiger charge is -2.49. The van der Waals surface area contributed by atoms with Gasteiger partial charge in [-0.25, -0.2) is 9.18 Å². The fourth-order valence-corrected chi connectivity index (χ4v) is 5.45. The molecule has 0 bridgehead atoms. The number of nitrogens with two attached hydrogens (primary N) is 2. The zero-order valence-electron chi connectivity index (χ0n) is 15.8. The monoisotopic (exact) mass is 489 g/mol. The van der Waals surface area contributed by atoms with Crippen molar-refractivity contribution in [3.8, 4) is 0 Å². The molecule has 2 aliphatic rings. The molecule has 6 N–H and O–H groups in total. The lowest BCUT2D eigenvalue weighted by molar-refractivity contribution is -0.150. The molecule has 16 heteroatoms. The van der Waals surface area contributed by atoms with Crippen LogP contribution in [-0.2, 0) is 19.2 Å². The smallest absolute Gasteiger partial charge is 0.353 e. The third kappa shape index (κ3) is 4.65. The minimum Gasteiger partial charge on any atom is -0.477 e. The highest BCUT2D eigenvalue weighted by Gasteiger charge is 2.54. The van der Waals surface area contributed by atoms with E-state index in [2.05, 4.69) is 24.7 Å². The Labute approximate surface area is 187 Å². The molecule has 0 aromatic carbocycles. The van der Waals surface area contributed by atoms with E-state index < -0.39 is 35.0 Å². The predicted octanol–water partition coefficient (Wildman–Crippen LogP) is -0.330. The molecule has 0 saturated carbocycles. The first kappa shape index (κ1) is 23.0. The highest BCUT2D eigenvalue weighted by Crippen LogP contribution is 2.43. The van der Waals surface area contributed by atoms with Gasteiger partial charge < -0.3 is 26.7 Å². The second kappa shape index (κ2) is 9.63. The van der Waals surface area contributed by atoms with Gasteiger partial charge in [0.1, 0.15) is 30.0 Å². The summed E-state index contributed by atoms with van der Waals surface area (Å²) < 4.78 is 17.2. The van der Waals surface area contributed by atoms with E-state index in [0.717, 1.165) is 33.6 Å². The standard InChI is InChI=1S/C15H16FN7O5S3/c1-28-21-7(10-20-15(18)31-22-10)11(24)19-8-12(25)23-9(14(26)27)6(4-30-13(8)23)29-3-5(16)2-17/h3,8,13H,2,4,17H2,1H3,(H,19,24)(H,26,27)(H2,18,20,22)/b5-3-,21-7-/t8?,13-/m1/s1. The van der Waals surface area contributed by atoms with Crippen molar-refractivity contribution >= 4 is 63.7 Å². The molecule has 3 rings (SSSR count). The van der Waals surface area contributed by atoms with Gasteiger partial charge in [0, 0.05) is 34.1 Å². The number of nitrogens with zero attached hydrogens (tertiary/aromatic N) is 4. The molecular weight excluding hydrogens is 473 g/mol. The third-order valence-corrected chi connectivity index (χ3v) is 7.00. The average Bonchev–Trinajstić information content (AvgIpc) is 3.18. The van der Waals surface area contributed by atoms with Crippen LogP contribution in [0, 0.1) is 0 Å². The number of aliphatic carboxylic acids is 1. The Morgan fingerprint density at radius 1 is 1.55 bits per heavy atom. The van der Waals surface area contributed by atoms with Gasteiger partial charge in [-0.1, -0.05) is 16.9 Å². The molecular formula is C15H16FN7O5S3. The second-order valence-electron chi connectivity index (χ2n) is 5.90. The topological polar surface area (TPSA) is 186 Å². The van der Waals surface area contributed by atoms with Crippen molar-refractivity contribution in [3.05, 3.63) is 27.7 Å². The van der Waals surface area contributed by atoms with E-state index in [-0.39, 0.29) is 34.7 Å². The van der Waals surface area contributed by atoms with Crippen molar-refractivity contribution in [1.29, 1.82) is 0 Å². The van der Waals surface area contributed by atoms with E-state index in [1.807, 2.05) is 0 Å². The molecule has 2 aliphatic heterocycles. The van der Waals surface area contributed by atoms with Crippen LogP contribution >= 0.6 is 35.1 Å². The second-order valence-corrected chi connectivity index (χ2v) is 8.76. The Morgan fingerprint density at radius 3 is 2.87 bits per heavy atom. The minimum atomic E-state index is -1.34. The number of oxime groups is 1. The van der Waals surface area contributed by atoms with Crippen LogP contribution in [0.3, 0.4) is 0 Å². The maximum Gasteiger partial charge on any atom is 0.353 e. The summed E-state index contributed by atoms with van der Waals surface area (Å²) in [4.78, 5) is 46.9. The van der Waals surface area contributed by atoms with Gasteiger partial charge in [-0.05, 0) is 0 Å². The Hall–Kier alpha value is -2.69. The summed E-state index contributed by atoms with van der Waals surface area (Å²) in [5, 5.41) is 16.2. The molecule has 166 valence electrons. The minimum absolute atomic E-state index is 0.0692. The Balaban J connectivity index is 1.78. The highest BCUT2D eigenvalue weighted by molar-refractivity contribution is 8.08. The summed E-state index contributed by atoms with van der Waals surface area (Å²) in [6.07, 6.45) is 0. The molecule has 1 aromatic rings. The first-order chi connectivity index (χ1) is 14.8. The van der Waals surface area contributed by atoms with Gasteiger partial charge in [0.25, 0.3) is 11.8 Å². The van der Waals surface area contributed by atoms with Crippen LogP contribution in [-0.4, -0.2) is 73.7 Å². The third-order valence-electron chi connectivity index (χ3n) is 4.00. The summed E-state index contributed by atoms with van der Waals surface area (Å²) in [5.41, 5.74) is 10.2. The molecule has 1 saturated heterocycles. The zero-order valence-corrected chi connectivity index (χ0v) is 18.2. The lowest BCUT2D eigenvalue weighted by Crippen LogP contribution is -2.71. The highest BCUT2D eigenvalue weighted by atomic mass is 32.2. The number of carboxylic acid groups (broad SMARTS) is 1. The Bertz CT molecular complexity index is 1010. The number of hydrogen-bond acceptors (Lipinski definition) is 12. The maximum absolute atomic E-state index is 13.3. The SMILES string of the molecule is CO/N=C(\C(=O)NC1C(=O)N2C(C(=O)O)=C(S/C=C(\F)CN)CS[C@H]12)c1nsc(N)n1. The van der Waals surface area contributed by atoms with Crippen LogP contribution in [0.4, 0.5) is 9.52 Å². The van der Waals surface area contributed by atoms with Gasteiger partial charge in [-0.15, -0.1) is 11.8 Å². The number of amides is 2. The van der Waals surface area contributed by atoms with Gasteiger partial charge in [0.05, 0.1) is 0 Å². The molecule has 0 radical (unpaired) electrons. The molecule has 1 fully saturated rings. The molecule has 2 amide bonds. The number of carbonyl (C=O) groups excluding carboxylic acids is 2. The average molecular weight is 490 g/mol. The molecule has 0 spiro atoms. The number of hydrogen-bond donors (Lipinski definition) is 4. The number of halogens is 1. The van der Waals surface area contributed by atoms with Gasteiger partial charge in [0.15, 0.2) is 5.13 Å². The fraction of sp³-hybridized carbons (Fsp3) is 0.333. The first-order valence-electron chi connectivity index (χ1n) is 8.42. The van der Waals surface area contributed by atoms with Crippen molar-refractivity contribution in [2.75, 3.05) is 25.1 Å². The van der Waals surface area contributed by atoms with E-state index in [9.17, 15) is 23.9 Å². The maximum atomic E-state index is 13.3. The summed E-state index contributed by atoms with van der Waals surface area (Å²) >= 11 is 2.93. The molecule has 1 aromatic heterocycles. The molecule has 3 heterocycles. The molecule has 1 unspecified atom stereocenters. The number of nitrogen functional groups attached to an aromatic ring is 1. The van der Waals surface area contributed by atoms with E-state index in [1.165, 1.54) is 18.9 Å². The first-order valence-corrected chi connectivity index (χ1v) is 11.1. The van der Waals surface area contributed by atoms with E-state index in [0.29, 0.717) is 4.91 Å². The Kier molecular flexibility index (Phi) is 7.14. The number of β-lactam (4-membered cyclic amide) rings is 1. The van der Waals surface area contributed by atoms with Crippen LogP contribution in [0.25, 0.3) is 0 Å². The number of rotatable bonds is 8. The number of nitrogens with one attached hydrogen (secondary N) is 1. The summed E-state index contributed by atoms with van der Waals surface area (Å²) in [7, 11) is 1.22. The van der Waals surface area contributed by atoms with Crippen LogP contribution in [0.15, 0.2) is 27.0 Å². The summed E-state index contributed by atoms with van der Waals surface area (Å²) in [5.74, 6) is -3.24. The van der Waals surface area contributed by atoms with Gasteiger partial charge in [-0.3, -0.25) is 14.5 Å². The summed E-state index contributed by atoms with van der Waals surface area (Å²) in [6, 6.07) is -1.01. The van der Waals surface area contributed by atoms with Crippen molar-refractivity contribution in [1.82, 2.24) is 19.6 Å². The molecule has 0 aliphatic carbocycles. The van der Waals surface area contributed by atoms with Gasteiger partial charge >= 0.3 is 5.97 Å². The van der Waals surface area contributed by atoms with Crippen LogP contribution in [0.1, 0.15) is 5.82 Å². The number of fused-ring (bicyclic) bond motifs is 1.